The summed E-state index contributed by atoms with van der Waals surface area (Å²) in [5.41, 5.74) is 2.28. The van der Waals surface area contributed by atoms with Gasteiger partial charge in [0.05, 0.1) is 0 Å². The molecule has 0 aromatic heterocycles. The Morgan fingerprint density at radius 1 is 1.32 bits per heavy atom. The van der Waals surface area contributed by atoms with E-state index in [1.54, 1.807) is 0 Å². The first-order chi connectivity index (χ1) is 9.19. The van der Waals surface area contributed by atoms with Crippen molar-refractivity contribution in [3.05, 3.63) is 29.3 Å². The van der Waals surface area contributed by atoms with Crippen molar-refractivity contribution in [2.45, 2.75) is 33.2 Å². The van der Waals surface area contributed by atoms with E-state index in [1.165, 1.54) is 18.4 Å². The molecule has 0 saturated carbocycles. The molecule has 1 fully saturated rings. The number of nitrogens with zero attached hydrogens (tertiary/aromatic N) is 1. The van der Waals surface area contributed by atoms with Crippen molar-refractivity contribution in [1.29, 1.82) is 0 Å². The topological polar surface area (TPSA) is 35.5 Å². The van der Waals surface area contributed by atoms with Crippen LogP contribution in [0.3, 0.4) is 0 Å². The Kier molecular flexibility index (Phi) is 5.23. The lowest BCUT2D eigenvalue weighted by Gasteiger charge is -2.32. The standard InChI is InChI=1S/C16H26N2O/c1-3-17-11-14-6-8-18(9-7-14)12-15-10-13(2)4-5-16(15)19/h4-5,10,14,17,19H,3,6-9,11-12H2,1-2H3. The van der Waals surface area contributed by atoms with Gasteiger partial charge in [-0.1, -0.05) is 24.6 Å². The highest BCUT2D eigenvalue weighted by molar-refractivity contribution is 5.35. The monoisotopic (exact) mass is 262 g/mol. The molecule has 2 N–H and O–H groups in total. The molecule has 1 aliphatic heterocycles. The zero-order chi connectivity index (χ0) is 13.7. The minimum atomic E-state index is 0.431. The average molecular weight is 262 g/mol. The second-order valence-electron chi connectivity index (χ2n) is 5.66. The van der Waals surface area contributed by atoms with E-state index >= 15 is 0 Å². The highest BCUT2D eigenvalue weighted by Gasteiger charge is 2.19. The molecule has 1 aliphatic rings. The number of rotatable bonds is 5. The molecule has 1 saturated heterocycles. The normalized spacial score (nSPS) is 17.8. The van der Waals surface area contributed by atoms with E-state index in [-0.39, 0.29) is 0 Å². The number of phenolic OH excluding ortho intramolecular Hbond substituents is 1. The summed E-state index contributed by atoms with van der Waals surface area (Å²) in [6, 6.07) is 5.87. The summed E-state index contributed by atoms with van der Waals surface area (Å²) >= 11 is 0. The van der Waals surface area contributed by atoms with Gasteiger partial charge in [-0.25, -0.2) is 0 Å². The van der Waals surface area contributed by atoms with Crippen LogP contribution in [0.15, 0.2) is 18.2 Å². The Labute approximate surface area is 116 Å². The Hall–Kier alpha value is -1.06. The van der Waals surface area contributed by atoms with Crippen LogP contribution in [0.4, 0.5) is 0 Å². The summed E-state index contributed by atoms with van der Waals surface area (Å²) in [7, 11) is 0. The fourth-order valence-electron chi connectivity index (χ4n) is 2.78. The largest absolute Gasteiger partial charge is 0.508 e. The molecule has 2 rings (SSSR count). The van der Waals surface area contributed by atoms with Gasteiger partial charge < -0.3 is 10.4 Å². The molecule has 1 heterocycles. The third kappa shape index (κ3) is 4.22. The number of benzene rings is 1. The van der Waals surface area contributed by atoms with Gasteiger partial charge in [-0.2, -0.15) is 0 Å². The van der Waals surface area contributed by atoms with Crippen molar-refractivity contribution in [2.24, 2.45) is 5.92 Å². The van der Waals surface area contributed by atoms with E-state index in [0.717, 1.165) is 44.2 Å². The van der Waals surface area contributed by atoms with E-state index in [4.69, 9.17) is 0 Å². The highest BCUT2D eigenvalue weighted by atomic mass is 16.3. The van der Waals surface area contributed by atoms with Crippen molar-refractivity contribution < 1.29 is 5.11 Å². The lowest BCUT2D eigenvalue weighted by Crippen LogP contribution is -2.36. The van der Waals surface area contributed by atoms with Gasteiger partial charge in [-0.3, -0.25) is 4.90 Å². The Bertz CT molecular complexity index is 398. The summed E-state index contributed by atoms with van der Waals surface area (Å²) in [5.74, 6) is 1.25. The molecular formula is C16H26N2O. The molecule has 0 bridgehead atoms. The fraction of sp³-hybridized carbons (Fsp3) is 0.625. The van der Waals surface area contributed by atoms with E-state index in [1.807, 2.05) is 12.1 Å². The summed E-state index contributed by atoms with van der Waals surface area (Å²) in [6.45, 7) is 9.62. The maximum absolute atomic E-state index is 9.90. The molecular weight excluding hydrogens is 236 g/mol. The van der Waals surface area contributed by atoms with Crippen molar-refractivity contribution in [3.63, 3.8) is 0 Å². The predicted molar refractivity (Wildman–Crippen MR) is 79.4 cm³/mol. The van der Waals surface area contributed by atoms with Gasteiger partial charge in [-0.15, -0.1) is 0 Å². The first kappa shape index (κ1) is 14.4. The molecule has 0 amide bonds. The van der Waals surface area contributed by atoms with Crippen LogP contribution in [0.5, 0.6) is 5.75 Å². The first-order valence-electron chi connectivity index (χ1n) is 7.40. The zero-order valence-corrected chi connectivity index (χ0v) is 12.2. The highest BCUT2D eigenvalue weighted by Crippen LogP contribution is 2.23. The number of likely N-dealkylation sites (tertiary alicyclic amines) is 1. The number of aromatic hydroxyl groups is 1. The summed E-state index contributed by atoms with van der Waals surface area (Å²) in [5, 5.41) is 13.3. The maximum Gasteiger partial charge on any atom is 0.120 e. The molecule has 3 heteroatoms. The van der Waals surface area contributed by atoms with Crippen LogP contribution in [-0.2, 0) is 6.54 Å². The van der Waals surface area contributed by atoms with E-state index in [0.29, 0.717) is 5.75 Å². The number of hydrogen-bond donors (Lipinski definition) is 2. The van der Waals surface area contributed by atoms with Crippen molar-refractivity contribution in [3.8, 4) is 5.75 Å². The minimum Gasteiger partial charge on any atom is -0.508 e. The average Bonchev–Trinajstić information content (AvgIpc) is 2.42. The Morgan fingerprint density at radius 2 is 2.05 bits per heavy atom. The molecule has 1 aromatic carbocycles. The zero-order valence-electron chi connectivity index (χ0n) is 12.2. The van der Waals surface area contributed by atoms with Crippen LogP contribution in [0, 0.1) is 12.8 Å². The molecule has 0 atom stereocenters. The SMILES string of the molecule is CCNCC1CCN(Cc2cc(C)ccc2O)CC1. The van der Waals surface area contributed by atoms with Crippen LogP contribution < -0.4 is 5.32 Å². The van der Waals surface area contributed by atoms with Crippen molar-refractivity contribution >= 4 is 0 Å². The molecule has 0 unspecified atom stereocenters. The molecule has 0 spiro atoms. The third-order valence-corrected chi connectivity index (χ3v) is 4.02. The molecule has 3 nitrogen and oxygen atoms in total. The minimum absolute atomic E-state index is 0.431. The third-order valence-electron chi connectivity index (χ3n) is 4.02. The summed E-state index contributed by atoms with van der Waals surface area (Å²) in [6.07, 6.45) is 2.53. The van der Waals surface area contributed by atoms with Gasteiger partial charge in [0.2, 0.25) is 0 Å². The van der Waals surface area contributed by atoms with Crippen molar-refractivity contribution in [1.82, 2.24) is 10.2 Å². The number of piperidine rings is 1. The second-order valence-corrected chi connectivity index (χ2v) is 5.66. The van der Waals surface area contributed by atoms with Gasteiger partial charge in [0.1, 0.15) is 5.75 Å². The molecule has 1 aromatic rings. The predicted octanol–water partition coefficient (Wildman–Crippen LogP) is 2.52. The smallest absolute Gasteiger partial charge is 0.120 e. The molecule has 0 aliphatic carbocycles. The van der Waals surface area contributed by atoms with E-state index in [9.17, 15) is 5.11 Å². The fourth-order valence-corrected chi connectivity index (χ4v) is 2.78. The Morgan fingerprint density at radius 3 is 2.74 bits per heavy atom. The van der Waals surface area contributed by atoms with Crippen LogP contribution in [0.25, 0.3) is 0 Å². The van der Waals surface area contributed by atoms with Gasteiger partial charge in [0.25, 0.3) is 0 Å². The van der Waals surface area contributed by atoms with Crippen LogP contribution in [0.1, 0.15) is 30.9 Å². The molecule has 0 radical (unpaired) electrons. The molecule has 106 valence electrons. The summed E-state index contributed by atoms with van der Waals surface area (Å²) < 4.78 is 0. The van der Waals surface area contributed by atoms with Crippen LogP contribution in [-0.4, -0.2) is 36.2 Å². The van der Waals surface area contributed by atoms with E-state index in [2.05, 4.69) is 30.1 Å². The first-order valence-corrected chi connectivity index (χ1v) is 7.40. The number of phenols is 1. The van der Waals surface area contributed by atoms with Gasteiger partial charge in [0, 0.05) is 12.1 Å². The van der Waals surface area contributed by atoms with Gasteiger partial charge >= 0.3 is 0 Å². The Balaban J connectivity index is 1.83. The number of aryl methyl sites for hydroxylation is 1. The number of hydrogen-bond acceptors (Lipinski definition) is 3. The van der Waals surface area contributed by atoms with E-state index < -0.39 is 0 Å². The molecule has 19 heavy (non-hydrogen) atoms. The maximum atomic E-state index is 9.90. The quantitative estimate of drug-likeness (QED) is 0.856. The number of nitrogens with one attached hydrogen (secondary N) is 1. The van der Waals surface area contributed by atoms with Crippen LogP contribution in [0.2, 0.25) is 0 Å². The van der Waals surface area contributed by atoms with Crippen LogP contribution >= 0.6 is 0 Å². The summed E-state index contributed by atoms with van der Waals surface area (Å²) in [4.78, 5) is 2.46. The van der Waals surface area contributed by atoms with Crippen molar-refractivity contribution in [2.75, 3.05) is 26.2 Å². The van der Waals surface area contributed by atoms with Gasteiger partial charge in [-0.05, 0) is 57.9 Å². The lowest BCUT2D eigenvalue weighted by molar-refractivity contribution is 0.174. The second kappa shape index (κ2) is 6.92. The lowest BCUT2D eigenvalue weighted by atomic mass is 9.96. The van der Waals surface area contributed by atoms with Gasteiger partial charge in [0.15, 0.2) is 0 Å².